The van der Waals surface area contributed by atoms with E-state index in [9.17, 15) is 4.79 Å². The molecule has 0 radical (unpaired) electrons. The van der Waals surface area contributed by atoms with Gasteiger partial charge in [0.2, 0.25) is 0 Å². The van der Waals surface area contributed by atoms with E-state index in [1.165, 1.54) is 5.56 Å². The van der Waals surface area contributed by atoms with Crippen LogP contribution in [0.4, 0.5) is 0 Å². The highest BCUT2D eigenvalue weighted by Gasteiger charge is 2.03. The summed E-state index contributed by atoms with van der Waals surface area (Å²) < 4.78 is 16.9. The van der Waals surface area contributed by atoms with E-state index in [4.69, 9.17) is 19.1 Å². The molecule has 27 heavy (non-hydrogen) atoms. The maximum absolute atomic E-state index is 9.99. The summed E-state index contributed by atoms with van der Waals surface area (Å²) in [6.45, 7) is 2.76. The second-order valence-electron chi connectivity index (χ2n) is 4.76. The molecule has 0 saturated carbocycles. The molecule has 8 heteroatoms. The van der Waals surface area contributed by atoms with Gasteiger partial charge in [0.1, 0.15) is 18.1 Å². The maximum Gasteiger partial charge on any atom is 0.373 e. The number of aryl methyl sites for hydroxylation is 1. The molecule has 0 aliphatic rings. The molecule has 0 bridgehead atoms. The van der Waals surface area contributed by atoms with Gasteiger partial charge >= 0.3 is 6.15 Å². The summed E-state index contributed by atoms with van der Waals surface area (Å²) >= 11 is 6.73. The van der Waals surface area contributed by atoms with Crippen molar-refractivity contribution in [3.63, 3.8) is 0 Å². The normalized spacial score (nSPS) is 8.78. The van der Waals surface area contributed by atoms with E-state index in [1.807, 2.05) is 30.3 Å². The molecule has 2 rings (SSSR count). The molecule has 0 fully saturated rings. The Morgan fingerprint density at radius 1 is 0.926 bits per heavy atom. The molecule has 6 nitrogen and oxygen atoms in total. The highest BCUT2D eigenvalue weighted by atomic mass is 79.9. The van der Waals surface area contributed by atoms with Crippen molar-refractivity contribution in [2.75, 3.05) is 14.2 Å². The molecule has 0 unspecified atom stereocenters. The summed E-state index contributed by atoms with van der Waals surface area (Å²) in [6.07, 6.45) is 1.25. The molecule has 0 atom stereocenters. The van der Waals surface area contributed by atoms with E-state index >= 15 is 0 Å². The fourth-order valence-electron chi connectivity index (χ4n) is 2.01. The molecule has 146 valence electrons. The molecule has 0 aromatic heterocycles. The van der Waals surface area contributed by atoms with Gasteiger partial charge in [-0.2, -0.15) is 9.59 Å². The lowest BCUT2D eigenvalue weighted by Gasteiger charge is -2.07. The van der Waals surface area contributed by atoms with Gasteiger partial charge in [-0.15, -0.1) is 0 Å². The summed E-state index contributed by atoms with van der Waals surface area (Å²) in [5, 5.41) is 0. The maximum atomic E-state index is 9.99. The van der Waals surface area contributed by atoms with Crippen LogP contribution < -0.4 is 9.47 Å². The SMILES string of the molecule is CCc1cc(Br)ccc1OC.COc1ccc(Br)cc1COC=O.O=C=O. The molecule has 2 aromatic rings. The highest BCUT2D eigenvalue weighted by Crippen LogP contribution is 2.24. The van der Waals surface area contributed by atoms with Gasteiger partial charge < -0.3 is 14.2 Å². The first-order valence-corrected chi connectivity index (χ1v) is 9.25. The van der Waals surface area contributed by atoms with Crippen LogP contribution in [0.2, 0.25) is 0 Å². The standard InChI is InChI=1S/C9H9BrO3.C9H11BrO.CO2/c1-12-9-3-2-8(10)4-7(9)5-13-6-11;1-3-7-6-8(10)4-5-9(7)11-2;2-1-3/h2-4,6H,5H2,1H3;4-6H,3H2,1-2H3;. The topological polar surface area (TPSA) is 78.9 Å². The van der Waals surface area contributed by atoms with Gasteiger partial charge in [0.25, 0.3) is 6.47 Å². The molecule has 2 aromatic carbocycles. The van der Waals surface area contributed by atoms with Crippen LogP contribution in [0, 0.1) is 0 Å². The lowest BCUT2D eigenvalue weighted by atomic mass is 10.1. The van der Waals surface area contributed by atoms with Crippen molar-refractivity contribution >= 4 is 44.5 Å². The van der Waals surface area contributed by atoms with Gasteiger partial charge in [0, 0.05) is 14.5 Å². The summed E-state index contributed by atoms with van der Waals surface area (Å²) in [7, 11) is 3.27. The van der Waals surface area contributed by atoms with Crippen LogP contribution in [-0.2, 0) is 32.1 Å². The van der Waals surface area contributed by atoms with Crippen molar-refractivity contribution in [1.82, 2.24) is 0 Å². The van der Waals surface area contributed by atoms with Crippen molar-refractivity contribution in [3.8, 4) is 11.5 Å². The Morgan fingerprint density at radius 2 is 1.37 bits per heavy atom. The molecule has 0 N–H and O–H groups in total. The van der Waals surface area contributed by atoms with E-state index in [0.717, 1.165) is 26.7 Å². The van der Waals surface area contributed by atoms with Gasteiger partial charge in [-0.3, -0.25) is 4.79 Å². The lowest BCUT2D eigenvalue weighted by Crippen LogP contribution is -1.94. The van der Waals surface area contributed by atoms with E-state index in [-0.39, 0.29) is 12.8 Å². The molecule has 0 amide bonds. The number of rotatable bonds is 6. The van der Waals surface area contributed by atoms with Crippen molar-refractivity contribution < 1.29 is 28.6 Å². The minimum atomic E-state index is 0.228. The smallest absolute Gasteiger partial charge is 0.373 e. The Balaban J connectivity index is 0.000000442. The predicted molar refractivity (Wildman–Crippen MR) is 107 cm³/mol. The fourth-order valence-corrected chi connectivity index (χ4v) is 2.82. The Hall–Kier alpha value is -2.15. The molecule has 0 spiro atoms. The third-order valence-corrected chi connectivity index (χ3v) is 4.16. The summed E-state index contributed by atoms with van der Waals surface area (Å²) in [5.41, 5.74) is 2.07. The van der Waals surface area contributed by atoms with Crippen LogP contribution in [-0.4, -0.2) is 26.8 Å². The number of carbonyl (C=O) groups excluding carboxylic acids is 3. The minimum absolute atomic E-state index is 0.228. The van der Waals surface area contributed by atoms with Gasteiger partial charge in [-0.25, -0.2) is 0 Å². The molecule has 0 saturated heterocycles. The van der Waals surface area contributed by atoms with Crippen molar-refractivity contribution in [2.24, 2.45) is 0 Å². The Labute approximate surface area is 175 Å². The zero-order valence-electron chi connectivity index (χ0n) is 15.2. The first-order chi connectivity index (χ1) is 13.0. The van der Waals surface area contributed by atoms with E-state index in [0.29, 0.717) is 12.2 Å². The number of carbonyl (C=O) groups is 1. The van der Waals surface area contributed by atoms with Gasteiger partial charge in [0.05, 0.1) is 14.2 Å². The number of methoxy groups -OCH3 is 2. The number of hydrogen-bond donors (Lipinski definition) is 0. The summed E-state index contributed by atoms with van der Waals surface area (Å²) in [5.74, 6) is 1.68. The highest BCUT2D eigenvalue weighted by molar-refractivity contribution is 9.10. The average Bonchev–Trinajstić information content (AvgIpc) is 2.67. The third-order valence-electron chi connectivity index (χ3n) is 3.17. The van der Waals surface area contributed by atoms with E-state index < -0.39 is 0 Å². The van der Waals surface area contributed by atoms with E-state index in [2.05, 4.69) is 49.6 Å². The van der Waals surface area contributed by atoms with Crippen molar-refractivity contribution in [2.45, 2.75) is 20.0 Å². The second-order valence-corrected chi connectivity index (χ2v) is 6.59. The quantitative estimate of drug-likeness (QED) is 0.537. The number of ether oxygens (including phenoxy) is 3. The van der Waals surface area contributed by atoms with Crippen LogP contribution in [0.5, 0.6) is 11.5 Å². The molecule has 0 aliphatic carbocycles. The average molecular weight is 504 g/mol. The van der Waals surface area contributed by atoms with Crippen LogP contribution in [0.3, 0.4) is 0 Å². The van der Waals surface area contributed by atoms with Gasteiger partial charge in [0.15, 0.2) is 0 Å². The summed E-state index contributed by atoms with van der Waals surface area (Å²) in [4.78, 5) is 26.2. The second kappa shape index (κ2) is 15.0. The summed E-state index contributed by atoms with van der Waals surface area (Å²) in [6, 6.07) is 11.6. The minimum Gasteiger partial charge on any atom is -0.496 e. The molecule has 0 heterocycles. The van der Waals surface area contributed by atoms with Gasteiger partial charge in [-0.05, 0) is 48.4 Å². The largest absolute Gasteiger partial charge is 0.496 e. The Kier molecular flexibility index (Phi) is 13.8. The number of benzene rings is 2. The zero-order chi connectivity index (χ0) is 20.7. The van der Waals surface area contributed by atoms with Crippen molar-refractivity contribution in [3.05, 3.63) is 56.5 Å². The van der Waals surface area contributed by atoms with Crippen molar-refractivity contribution in [1.29, 1.82) is 0 Å². The monoisotopic (exact) mass is 502 g/mol. The van der Waals surface area contributed by atoms with Crippen LogP contribution >= 0.6 is 31.9 Å². The predicted octanol–water partition coefficient (Wildman–Crippen LogP) is 4.57. The first-order valence-electron chi connectivity index (χ1n) is 7.66. The fraction of sp³-hybridized carbons (Fsp3) is 0.263. The van der Waals surface area contributed by atoms with Gasteiger partial charge in [-0.1, -0.05) is 38.8 Å². The van der Waals surface area contributed by atoms with Crippen LogP contribution in [0.1, 0.15) is 18.1 Å². The van der Waals surface area contributed by atoms with E-state index in [1.54, 1.807) is 14.2 Å². The lowest BCUT2D eigenvalue weighted by molar-refractivity contribution is -0.191. The molecular formula is C19H20Br2O6. The number of hydrogen-bond acceptors (Lipinski definition) is 6. The zero-order valence-corrected chi connectivity index (χ0v) is 18.3. The molecular weight excluding hydrogens is 484 g/mol. The van der Waals surface area contributed by atoms with Crippen LogP contribution in [0.15, 0.2) is 45.3 Å². The first kappa shape index (κ1) is 24.8. The third kappa shape index (κ3) is 9.94. The Morgan fingerprint density at radius 3 is 1.78 bits per heavy atom. The Bertz CT molecular complexity index is 743. The number of halogens is 2. The molecule has 0 aliphatic heterocycles. The van der Waals surface area contributed by atoms with Crippen LogP contribution in [0.25, 0.3) is 0 Å².